The van der Waals surface area contributed by atoms with Crippen LogP contribution in [0.5, 0.6) is 0 Å². The van der Waals surface area contributed by atoms with E-state index in [4.69, 9.17) is 24.7 Å². The number of esters is 2. The summed E-state index contributed by atoms with van der Waals surface area (Å²) in [7, 11) is 0. The maximum atomic E-state index is 11.2. The van der Waals surface area contributed by atoms with Crippen LogP contribution in [0.25, 0.3) is 0 Å². The highest BCUT2D eigenvalue weighted by Gasteiger charge is 2.47. The molecule has 3 N–H and O–H groups in total. The molecule has 1 heterocycles. The summed E-state index contributed by atoms with van der Waals surface area (Å²) < 4.78 is 20.7. The number of carbonyl (C=O) groups is 2. The number of rotatable bonds is 5. The molecule has 0 amide bonds. The molecule has 1 aliphatic heterocycles. The first-order valence-electron chi connectivity index (χ1n) is 6.38. The molecule has 0 spiro atoms. The Morgan fingerprint density at radius 1 is 1.20 bits per heavy atom. The first-order chi connectivity index (χ1) is 9.36. The second-order valence-corrected chi connectivity index (χ2v) is 4.45. The van der Waals surface area contributed by atoms with Crippen molar-refractivity contribution in [2.75, 3.05) is 13.2 Å². The van der Waals surface area contributed by atoms with Crippen LogP contribution in [0, 0.1) is 0 Å². The molecule has 0 aromatic rings. The molecule has 1 rings (SSSR count). The smallest absolute Gasteiger partial charge is 0.303 e. The lowest BCUT2D eigenvalue weighted by molar-refractivity contribution is -0.261. The highest BCUT2D eigenvalue weighted by atomic mass is 16.7. The molecule has 0 radical (unpaired) electrons. The Bertz CT molecular complexity index is 349. The van der Waals surface area contributed by atoms with Crippen molar-refractivity contribution in [3.8, 4) is 0 Å². The van der Waals surface area contributed by atoms with Gasteiger partial charge in [-0.05, 0) is 6.92 Å². The van der Waals surface area contributed by atoms with Crippen LogP contribution in [-0.4, -0.2) is 60.9 Å². The van der Waals surface area contributed by atoms with Crippen molar-refractivity contribution in [3.05, 3.63) is 0 Å². The van der Waals surface area contributed by atoms with Gasteiger partial charge < -0.3 is 29.8 Å². The van der Waals surface area contributed by atoms with Gasteiger partial charge in [-0.3, -0.25) is 9.59 Å². The van der Waals surface area contributed by atoms with Gasteiger partial charge in [0.15, 0.2) is 18.5 Å². The van der Waals surface area contributed by atoms with Gasteiger partial charge in [-0.2, -0.15) is 0 Å². The Kier molecular flexibility index (Phi) is 6.34. The van der Waals surface area contributed by atoms with Gasteiger partial charge in [0, 0.05) is 20.5 Å². The van der Waals surface area contributed by atoms with E-state index in [1.165, 1.54) is 13.8 Å². The van der Waals surface area contributed by atoms with Crippen molar-refractivity contribution in [1.82, 2.24) is 0 Å². The van der Waals surface area contributed by atoms with E-state index in [1.54, 1.807) is 6.92 Å². The largest absolute Gasteiger partial charge is 0.457 e. The van der Waals surface area contributed by atoms with Crippen molar-refractivity contribution in [1.29, 1.82) is 0 Å². The van der Waals surface area contributed by atoms with Crippen LogP contribution in [0.3, 0.4) is 0 Å². The molecule has 0 aromatic heterocycles. The average molecular weight is 291 g/mol. The van der Waals surface area contributed by atoms with E-state index in [1.807, 2.05) is 0 Å². The van der Waals surface area contributed by atoms with Gasteiger partial charge in [-0.1, -0.05) is 0 Å². The van der Waals surface area contributed by atoms with Gasteiger partial charge >= 0.3 is 11.9 Å². The van der Waals surface area contributed by atoms with Gasteiger partial charge in [-0.15, -0.1) is 0 Å². The first-order valence-corrected chi connectivity index (χ1v) is 6.38. The fraction of sp³-hybridized carbons (Fsp3) is 0.833. The molecular weight excluding hydrogens is 270 g/mol. The minimum atomic E-state index is -1.34. The number of nitrogens with two attached hydrogens (primary N) is 1. The molecule has 0 saturated carbocycles. The normalized spacial score (nSPS) is 33.5. The van der Waals surface area contributed by atoms with E-state index >= 15 is 0 Å². The number of ether oxygens (including phenoxy) is 4. The van der Waals surface area contributed by atoms with Crippen LogP contribution in [0.2, 0.25) is 0 Å². The molecule has 5 atom stereocenters. The van der Waals surface area contributed by atoms with Crippen LogP contribution < -0.4 is 5.73 Å². The fourth-order valence-corrected chi connectivity index (χ4v) is 1.98. The number of hydrogen-bond donors (Lipinski definition) is 2. The molecule has 1 unspecified atom stereocenters. The topological polar surface area (TPSA) is 117 Å². The SMILES string of the molecule is CCOC[C@H]1OC(O)[C@H](N)[C@@H](OC(C)=O)[C@@H]1OC(C)=O. The predicted octanol–water partition coefficient (Wildman–Crippen LogP) is -1.07. The third-order valence-corrected chi connectivity index (χ3v) is 2.80. The molecular formula is C12H21NO7. The molecule has 0 aliphatic carbocycles. The summed E-state index contributed by atoms with van der Waals surface area (Å²) in [6.07, 6.45) is -4.03. The predicted molar refractivity (Wildman–Crippen MR) is 66.5 cm³/mol. The fourth-order valence-electron chi connectivity index (χ4n) is 1.98. The molecule has 20 heavy (non-hydrogen) atoms. The first kappa shape index (κ1) is 16.8. The summed E-state index contributed by atoms with van der Waals surface area (Å²) in [6.45, 7) is 4.72. The summed E-state index contributed by atoms with van der Waals surface area (Å²) in [5.74, 6) is -1.16. The minimum absolute atomic E-state index is 0.0794. The average Bonchev–Trinajstić information content (AvgIpc) is 2.35. The molecule has 0 bridgehead atoms. The van der Waals surface area contributed by atoms with E-state index in [0.717, 1.165) is 0 Å². The Balaban J connectivity index is 2.91. The highest BCUT2D eigenvalue weighted by molar-refractivity contribution is 5.67. The monoisotopic (exact) mass is 291 g/mol. The van der Waals surface area contributed by atoms with Gasteiger partial charge in [0.05, 0.1) is 12.6 Å². The lowest BCUT2D eigenvalue weighted by Crippen LogP contribution is -2.64. The van der Waals surface area contributed by atoms with E-state index < -0.39 is 42.6 Å². The Morgan fingerprint density at radius 2 is 1.75 bits per heavy atom. The maximum absolute atomic E-state index is 11.2. The second kappa shape index (κ2) is 7.53. The Hall–Kier alpha value is -1.22. The number of aliphatic hydroxyl groups excluding tert-OH is 1. The molecule has 1 aliphatic rings. The van der Waals surface area contributed by atoms with E-state index in [9.17, 15) is 14.7 Å². The lowest BCUT2D eigenvalue weighted by atomic mass is 9.97. The summed E-state index contributed by atoms with van der Waals surface area (Å²) in [5.41, 5.74) is 5.74. The molecule has 0 aromatic carbocycles. The van der Waals surface area contributed by atoms with Crippen molar-refractivity contribution >= 4 is 11.9 Å². The molecule has 1 saturated heterocycles. The zero-order valence-corrected chi connectivity index (χ0v) is 11.8. The van der Waals surface area contributed by atoms with E-state index in [-0.39, 0.29) is 6.61 Å². The van der Waals surface area contributed by atoms with Crippen molar-refractivity contribution < 1.29 is 33.6 Å². The van der Waals surface area contributed by atoms with Crippen LogP contribution in [-0.2, 0) is 28.5 Å². The Morgan fingerprint density at radius 3 is 2.25 bits per heavy atom. The number of carbonyl (C=O) groups excluding carboxylic acids is 2. The summed E-state index contributed by atoms with van der Waals surface area (Å²) in [6, 6.07) is -1.01. The maximum Gasteiger partial charge on any atom is 0.303 e. The van der Waals surface area contributed by atoms with Crippen LogP contribution in [0.4, 0.5) is 0 Å². The van der Waals surface area contributed by atoms with Crippen molar-refractivity contribution in [3.63, 3.8) is 0 Å². The van der Waals surface area contributed by atoms with Gasteiger partial charge in [-0.25, -0.2) is 0 Å². The lowest BCUT2D eigenvalue weighted by Gasteiger charge is -2.42. The van der Waals surface area contributed by atoms with Crippen molar-refractivity contribution in [2.24, 2.45) is 5.73 Å². The Labute approximate surface area is 117 Å². The summed E-state index contributed by atoms with van der Waals surface area (Å²) >= 11 is 0. The van der Waals surface area contributed by atoms with Gasteiger partial charge in [0.2, 0.25) is 0 Å². The van der Waals surface area contributed by atoms with Crippen LogP contribution in [0.15, 0.2) is 0 Å². The molecule has 1 fully saturated rings. The second-order valence-electron chi connectivity index (χ2n) is 4.45. The summed E-state index contributed by atoms with van der Waals surface area (Å²) in [4.78, 5) is 22.3. The molecule has 8 nitrogen and oxygen atoms in total. The quantitative estimate of drug-likeness (QED) is 0.615. The highest BCUT2D eigenvalue weighted by Crippen LogP contribution is 2.24. The van der Waals surface area contributed by atoms with Crippen LogP contribution in [0.1, 0.15) is 20.8 Å². The third kappa shape index (κ3) is 4.41. The molecule has 8 heteroatoms. The van der Waals surface area contributed by atoms with E-state index in [0.29, 0.717) is 6.61 Å². The van der Waals surface area contributed by atoms with Crippen LogP contribution >= 0.6 is 0 Å². The number of hydrogen-bond acceptors (Lipinski definition) is 8. The zero-order chi connectivity index (χ0) is 15.3. The van der Waals surface area contributed by atoms with Gasteiger partial charge in [0.1, 0.15) is 6.10 Å². The third-order valence-electron chi connectivity index (χ3n) is 2.80. The zero-order valence-electron chi connectivity index (χ0n) is 11.8. The minimum Gasteiger partial charge on any atom is -0.457 e. The van der Waals surface area contributed by atoms with E-state index in [2.05, 4.69) is 0 Å². The standard InChI is InChI=1S/C12H21NO7/c1-4-17-5-8-10(18-6(2)14)11(19-7(3)15)9(13)12(16)20-8/h8-12,16H,4-5,13H2,1-3H3/t8-,9-,10-,11-,12?/m1/s1. The number of aliphatic hydroxyl groups is 1. The van der Waals surface area contributed by atoms with Gasteiger partial charge in [0.25, 0.3) is 0 Å². The summed E-state index contributed by atoms with van der Waals surface area (Å²) in [5, 5.41) is 9.75. The van der Waals surface area contributed by atoms with Crippen molar-refractivity contribution in [2.45, 2.75) is 51.4 Å². The molecule has 116 valence electrons.